The fraction of sp³-hybridized carbons (Fsp3) is 0.476. The zero-order chi connectivity index (χ0) is 16.3. The second-order valence-electron chi connectivity index (χ2n) is 7.19. The van der Waals surface area contributed by atoms with Crippen molar-refractivity contribution < 1.29 is 4.57 Å². The maximum atomic E-state index is 2.43. The Kier molecular flexibility index (Phi) is 5.39. The molecule has 0 N–H and O–H groups in total. The molecule has 22 heavy (non-hydrogen) atoms. The van der Waals surface area contributed by atoms with Crippen LogP contribution in [0.4, 0.5) is 0 Å². The minimum Gasteiger partial charge on any atom is -0.201 e. The van der Waals surface area contributed by atoms with Gasteiger partial charge in [0.2, 0.25) is 0 Å². The van der Waals surface area contributed by atoms with Crippen molar-refractivity contribution in [2.45, 2.75) is 65.8 Å². The molecular weight excluding hydrogens is 266 g/mol. The summed E-state index contributed by atoms with van der Waals surface area (Å²) in [6.07, 6.45) is 4.31. The molecule has 0 fully saturated rings. The molecule has 0 amide bonds. The third-order valence-electron chi connectivity index (χ3n) is 4.37. The summed E-state index contributed by atoms with van der Waals surface area (Å²) >= 11 is 0. The summed E-state index contributed by atoms with van der Waals surface area (Å²) in [4.78, 5) is 0. The molecule has 0 unspecified atom stereocenters. The molecule has 0 aliphatic carbocycles. The molecule has 0 bridgehead atoms. The molecule has 2 aromatic rings. The lowest BCUT2D eigenvalue weighted by Crippen LogP contribution is -2.34. The van der Waals surface area contributed by atoms with Crippen molar-refractivity contribution in [3.8, 4) is 0 Å². The minimum atomic E-state index is 0.551. The maximum absolute atomic E-state index is 2.43. The van der Waals surface area contributed by atoms with Crippen LogP contribution in [0, 0.1) is 0 Å². The Morgan fingerprint density at radius 2 is 1.23 bits per heavy atom. The van der Waals surface area contributed by atoms with Gasteiger partial charge in [-0.05, 0) is 34.4 Å². The van der Waals surface area contributed by atoms with Gasteiger partial charge in [0.05, 0.1) is 0 Å². The highest BCUT2D eigenvalue weighted by Gasteiger charge is 2.19. The van der Waals surface area contributed by atoms with Crippen molar-refractivity contribution in [3.05, 3.63) is 65.0 Å². The Hall–Kier alpha value is -1.63. The predicted molar refractivity (Wildman–Crippen MR) is 94.4 cm³/mol. The second kappa shape index (κ2) is 7.09. The first kappa shape index (κ1) is 16.7. The topological polar surface area (TPSA) is 3.88 Å². The molecule has 0 atom stereocenters. The summed E-state index contributed by atoms with van der Waals surface area (Å²) in [6.45, 7) is 14.8. The number of nitrogens with zero attached hydrogens (tertiary/aromatic N) is 1. The minimum absolute atomic E-state index is 0.551. The van der Waals surface area contributed by atoms with Gasteiger partial charge < -0.3 is 0 Å². The van der Waals surface area contributed by atoms with E-state index >= 15 is 0 Å². The van der Waals surface area contributed by atoms with Crippen LogP contribution in [0.25, 0.3) is 0 Å². The van der Waals surface area contributed by atoms with Crippen molar-refractivity contribution in [3.63, 3.8) is 0 Å². The Bertz CT molecular complexity index is 580. The molecule has 0 spiro atoms. The summed E-state index contributed by atoms with van der Waals surface area (Å²) < 4.78 is 2.28. The van der Waals surface area contributed by atoms with Crippen molar-refractivity contribution in [2.24, 2.45) is 0 Å². The number of rotatable bonds is 5. The number of hydrogen-bond donors (Lipinski definition) is 0. The lowest BCUT2D eigenvalue weighted by atomic mass is 9.84. The van der Waals surface area contributed by atoms with Gasteiger partial charge in [-0.15, -0.1) is 0 Å². The standard InChI is InChI=1S/C21H30N/c1-15(2)18-12-19(16(3)4)21(20(13-18)17(5)6)14-22-10-8-7-9-11-22/h7-13,15-17H,14H2,1-6H3/q+1. The number of hydrogen-bond acceptors (Lipinski definition) is 0. The van der Waals surface area contributed by atoms with Gasteiger partial charge in [0.25, 0.3) is 0 Å². The van der Waals surface area contributed by atoms with E-state index in [9.17, 15) is 0 Å². The zero-order valence-corrected chi connectivity index (χ0v) is 14.9. The summed E-state index contributed by atoms with van der Waals surface area (Å²) in [5.41, 5.74) is 5.98. The van der Waals surface area contributed by atoms with Crippen LogP contribution in [0.3, 0.4) is 0 Å². The highest BCUT2D eigenvalue weighted by atomic mass is 14.9. The largest absolute Gasteiger partial charge is 0.201 e. The lowest BCUT2D eigenvalue weighted by Gasteiger charge is -2.21. The highest BCUT2D eigenvalue weighted by molar-refractivity contribution is 5.43. The summed E-state index contributed by atoms with van der Waals surface area (Å²) in [7, 11) is 0. The fourth-order valence-corrected chi connectivity index (χ4v) is 3.01. The van der Waals surface area contributed by atoms with E-state index in [1.165, 1.54) is 22.3 Å². The van der Waals surface area contributed by atoms with E-state index in [4.69, 9.17) is 0 Å². The van der Waals surface area contributed by atoms with E-state index in [0.29, 0.717) is 17.8 Å². The summed E-state index contributed by atoms with van der Waals surface area (Å²) in [5.74, 6) is 1.68. The van der Waals surface area contributed by atoms with Crippen molar-refractivity contribution in [1.29, 1.82) is 0 Å². The first-order valence-electron chi connectivity index (χ1n) is 8.50. The zero-order valence-electron chi connectivity index (χ0n) is 14.9. The summed E-state index contributed by atoms with van der Waals surface area (Å²) in [6, 6.07) is 11.1. The van der Waals surface area contributed by atoms with Gasteiger partial charge in [0, 0.05) is 17.7 Å². The average molecular weight is 296 g/mol. The molecule has 0 aliphatic heterocycles. The van der Waals surface area contributed by atoms with Crippen LogP contribution in [0.5, 0.6) is 0 Å². The fourth-order valence-electron chi connectivity index (χ4n) is 3.01. The van der Waals surface area contributed by atoms with Crippen molar-refractivity contribution in [2.75, 3.05) is 0 Å². The van der Waals surface area contributed by atoms with Gasteiger partial charge in [-0.3, -0.25) is 0 Å². The van der Waals surface area contributed by atoms with E-state index in [2.05, 4.69) is 88.8 Å². The molecule has 0 saturated heterocycles. The van der Waals surface area contributed by atoms with Gasteiger partial charge in [-0.2, -0.15) is 0 Å². The first-order chi connectivity index (χ1) is 10.4. The van der Waals surface area contributed by atoms with Gasteiger partial charge in [-0.1, -0.05) is 59.7 Å². The van der Waals surface area contributed by atoms with E-state index in [1.807, 2.05) is 0 Å². The van der Waals surface area contributed by atoms with Gasteiger partial charge in [0.1, 0.15) is 0 Å². The second-order valence-corrected chi connectivity index (χ2v) is 7.19. The van der Waals surface area contributed by atoms with Crippen LogP contribution in [-0.2, 0) is 6.54 Å². The molecule has 2 rings (SSSR count). The molecule has 1 heteroatoms. The van der Waals surface area contributed by atoms with E-state index in [0.717, 1.165) is 6.54 Å². The number of pyridine rings is 1. The molecule has 1 heterocycles. The van der Waals surface area contributed by atoms with E-state index in [1.54, 1.807) is 0 Å². The van der Waals surface area contributed by atoms with Crippen LogP contribution >= 0.6 is 0 Å². The number of aromatic nitrogens is 1. The van der Waals surface area contributed by atoms with Crippen LogP contribution < -0.4 is 4.57 Å². The quantitative estimate of drug-likeness (QED) is 0.651. The summed E-state index contributed by atoms with van der Waals surface area (Å²) in [5, 5.41) is 0. The maximum Gasteiger partial charge on any atom is 0.174 e. The van der Waals surface area contributed by atoms with Crippen LogP contribution in [-0.4, -0.2) is 0 Å². The Balaban J connectivity index is 2.58. The van der Waals surface area contributed by atoms with Gasteiger partial charge in [0.15, 0.2) is 18.9 Å². The molecule has 1 nitrogen and oxygen atoms in total. The van der Waals surface area contributed by atoms with Crippen molar-refractivity contribution >= 4 is 0 Å². The molecule has 0 saturated carbocycles. The normalized spacial score (nSPS) is 11.7. The van der Waals surface area contributed by atoms with Crippen molar-refractivity contribution in [1.82, 2.24) is 0 Å². The van der Waals surface area contributed by atoms with Gasteiger partial charge in [-0.25, -0.2) is 4.57 Å². The van der Waals surface area contributed by atoms with Crippen LogP contribution in [0.1, 0.15) is 81.5 Å². The predicted octanol–water partition coefficient (Wildman–Crippen LogP) is 5.39. The lowest BCUT2D eigenvalue weighted by molar-refractivity contribution is -0.688. The average Bonchev–Trinajstić information content (AvgIpc) is 2.47. The third kappa shape index (κ3) is 3.76. The number of benzene rings is 1. The monoisotopic (exact) mass is 296 g/mol. The Labute approximate surface area is 136 Å². The molecule has 0 aliphatic rings. The van der Waals surface area contributed by atoms with Crippen LogP contribution in [0.15, 0.2) is 42.7 Å². The van der Waals surface area contributed by atoms with E-state index < -0.39 is 0 Å². The van der Waals surface area contributed by atoms with Gasteiger partial charge >= 0.3 is 0 Å². The third-order valence-corrected chi connectivity index (χ3v) is 4.37. The SMILES string of the molecule is CC(C)c1cc(C(C)C)c(C[n+]2ccccc2)c(C(C)C)c1. The molecular formula is C21H30N+. The molecule has 1 aromatic heterocycles. The first-order valence-corrected chi connectivity index (χ1v) is 8.50. The molecule has 0 radical (unpaired) electrons. The Morgan fingerprint density at radius 3 is 1.64 bits per heavy atom. The molecule has 1 aromatic carbocycles. The van der Waals surface area contributed by atoms with Crippen LogP contribution in [0.2, 0.25) is 0 Å². The van der Waals surface area contributed by atoms with E-state index in [-0.39, 0.29) is 0 Å². The molecule has 118 valence electrons. The Morgan fingerprint density at radius 1 is 0.727 bits per heavy atom. The smallest absolute Gasteiger partial charge is 0.174 e. The highest BCUT2D eigenvalue weighted by Crippen LogP contribution is 2.31.